The number of rotatable bonds is 4. The van der Waals surface area contributed by atoms with Crippen LogP contribution >= 0.6 is 11.6 Å². The lowest BCUT2D eigenvalue weighted by Gasteiger charge is -2.13. The summed E-state index contributed by atoms with van der Waals surface area (Å²) in [6.45, 7) is 1.50. The number of carbonyl (C=O) groups is 2. The Kier molecular flexibility index (Phi) is 4.95. The molecule has 6 heteroatoms. The van der Waals surface area contributed by atoms with Gasteiger partial charge >= 0.3 is 5.97 Å². The molecule has 25 heavy (non-hydrogen) atoms. The number of aromatic nitrogens is 1. The van der Waals surface area contributed by atoms with Crippen LogP contribution in [-0.2, 0) is 9.53 Å². The molecule has 2 aromatic carbocycles. The first-order valence-electron chi connectivity index (χ1n) is 7.65. The fraction of sp³-hybridized carbons (Fsp3) is 0.105. The first kappa shape index (κ1) is 16.9. The van der Waals surface area contributed by atoms with Crippen LogP contribution in [0.1, 0.15) is 17.3 Å². The third-order valence-electron chi connectivity index (χ3n) is 3.62. The van der Waals surface area contributed by atoms with Gasteiger partial charge in [-0.15, -0.1) is 0 Å². The molecule has 1 aromatic heterocycles. The normalized spacial score (nSPS) is 11.8. The predicted molar refractivity (Wildman–Crippen MR) is 96.7 cm³/mol. The van der Waals surface area contributed by atoms with Crippen molar-refractivity contribution in [3.8, 4) is 0 Å². The van der Waals surface area contributed by atoms with E-state index in [1.165, 1.54) is 13.1 Å². The molecular formula is C19H15ClN2O3. The molecular weight excluding hydrogens is 340 g/mol. The van der Waals surface area contributed by atoms with Gasteiger partial charge in [0.05, 0.1) is 10.6 Å². The molecule has 3 aromatic rings. The van der Waals surface area contributed by atoms with Crippen LogP contribution in [0.25, 0.3) is 10.8 Å². The van der Waals surface area contributed by atoms with E-state index in [0.717, 1.165) is 10.8 Å². The quantitative estimate of drug-likeness (QED) is 0.717. The highest BCUT2D eigenvalue weighted by atomic mass is 35.5. The Morgan fingerprint density at radius 3 is 2.56 bits per heavy atom. The largest absolute Gasteiger partial charge is 0.449 e. The number of carbonyl (C=O) groups excluding carboxylic acids is 2. The molecule has 0 aliphatic rings. The zero-order valence-corrected chi connectivity index (χ0v) is 14.2. The van der Waals surface area contributed by atoms with E-state index in [4.69, 9.17) is 16.3 Å². The average molecular weight is 355 g/mol. The lowest BCUT2D eigenvalue weighted by molar-refractivity contribution is -0.123. The smallest absolute Gasteiger partial charge is 0.338 e. The maximum atomic E-state index is 12.3. The van der Waals surface area contributed by atoms with Crippen molar-refractivity contribution in [1.29, 1.82) is 0 Å². The van der Waals surface area contributed by atoms with E-state index in [9.17, 15) is 9.59 Å². The first-order valence-corrected chi connectivity index (χ1v) is 8.03. The van der Waals surface area contributed by atoms with Crippen molar-refractivity contribution in [1.82, 2.24) is 4.98 Å². The number of hydrogen-bond donors (Lipinski definition) is 1. The fourth-order valence-corrected chi connectivity index (χ4v) is 2.39. The van der Waals surface area contributed by atoms with Gasteiger partial charge in [-0.3, -0.25) is 4.79 Å². The summed E-state index contributed by atoms with van der Waals surface area (Å²) in [4.78, 5) is 28.3. The number of pyridine rings is 1. The zero-order valence-electron chi connectivity index (χ0n) is 13.4. The van der Waals surface area contributed by atoms with E-state index in [0.29, 0.717) is 16.4 Å². The Balaban J connectivity index is 1.66. The summed E-state index contributed by atoms with van der Waals surface area (Å²) in [6.07, 6.45) is 0.458. The summed E-state index contributed by atoms with van der Waals surface area (Å²) < 4.78 is 5.24. The van der Waals surface area contributed by atoms with Gasteiger partial charge in [0.15, 0.2) is 6.10 Å². The SMILES string of the molecule is C[C@H](OC(=O)c1ccc2ccccc2c1)C(=O)Nc1ccc(Cl)cn1. The van der Waals surface area contributed by atoms with Crippen molar-refractivity contribution in [3.05, 3.63) is 71.4 Å². The molecule has 0 aliphatic heterocycles. The number of benzene rings is 2. The minimum Gasteiger partial charge on any atom is -0.449 e. The zero-order chi connectivity index (χ0) is 17.8. The highest BCUT2D eigenvalue weighted by Crippen LogP contribution is 2.17. The van der Waals surface area contributed by atoms with Crippen LogP contribution in [0.2, 0.25) is 5.02 Å². The summed E-state index contributed by atoms with van der Waals surface area (Å²) in [5, 5.41) is 4.99. The Bertz CT molecular complexity index is 925. The van der Waals surface area contributed by atoms with Crippen LogP contribution in [0.15, 0.2) is 60.8 Å². The van der Waals surface area contributed by atoms with Gasteiger partial charge in [-0.2, -0.15) is 0 Å². The Hall–Kier alpha value is -2.92. The Morgan fingerprint density at radius 1 is 1.08 bits per heavy atom. The van der Waals surface area contributed by atoms with Gasteiger partial charge in [-0.1, -0.05) is 41.9 Å². The molecule has 126 valence electrons. The molecule has 0 bridgehead atoms. The van der Waals surface area contributed by atoms with E-state index < -0.39 is 18.0 Å². The highest BCUT2D eigenvalue weighted by Gasteiger charge is 2.19. The summed E-state index contributed by atoms with van der Waals surface area (Å²) in [5.74, 6) is -0.690. The summed E-state index contributed by atoms with van der Waals surface area (Å²) in [5.41, 5.74) is 0.392. The molecule has 1 heterocycles. The molecule has 0 saturated carbocycles. The van der Waals surface area contributed by atoms with Gasteiger partial charge in [0, 0.05) is 6.20 Å². The number of halogens is 1. The number of amides is 1. The fourth-order valence-electron chi connectivity index (χ4n) is 2.28. The monoisotopic (exact) mass is 354 g/mol. The number of hydrogen-bond acceptors (Lipinski definition) is 4. The number of fused-ring (bicyclic) bond motifs is 1. The Morgan fingerprint density at radius 2 is 1.84 bits per heavy atom. The molecule has 3 rings (SSSR count). The van der Waals surface area contributed by atoms with Gasteiger partial charge in [-0.25, -0.2) is 9.78 Å². The summed E-state index contributed by atoms with van der Waals surface area (Å²) in [6, 6.07) is 16.1. The number of nitrogens with zero attached hydrogens (tertiary/aromatic N) is 1. The van der Waals surface area contributed by atoms with Crippen LogP contribution in [0.4, 0.5) is 5.82 Å². The van der Waals surface area contributed by atoms with Crippen LogP contribution in [-0.4, -0.2) is 23.0 Å². The van der Waals surface area contributed by atoms with E-state index in [2.05, 4.69) is 10.3 Å². The number of anilines is 1. The van der Waals surface area contributed by atoms with Crippen molar-refractivity contribution >= 4 is 40.1 Å². The maximum absolute atomic E-state index is 12.3. The molecule has 0 fully saturated rings. The topological polar surface area (TPSA) is 68.3 Å². The lowest BCUT2D eigenvalue weighted by atomic mass is 10.1. The van der Waals surface area contributed by atoms with Crippen molar-refractivity contribution in [2.45, 2.75) is 13.0 Å². The second kappa shape index (κ2) is 7.32. The minimum atomic E-state index is -0.962. The van der Waals surface area contributed by atoms with Crippen LogP contribution in [0.3, 0.4) is 0 Å². The standard InChI is InChI=1S/C19H15ClN2O3/c1-12(18(23)22-17-9-8-16(20)11-21-17)25-19(24)15-7-6-13-4-2-3-5-14(13)10-15/h2-12H,1H3,(H,21,22,23)/t12-/m0/s1. The minimum absolute atomic E-state index is 0.336. The summed E-state index contributed by atoms with van der Waals surface area (Å²) in [7, 11) is 0. The molecule has 0 saturated heterocycles. The maximum Gasteiger partial charge on any atom is 0.338 e. The van der Waals surface area contributed by atoms with Gasteiger partial charge in [-0.05, 0) is 42.0 Å². The molecule has 0 spiro atoms. The summed E-state index contributed by atoms with van der Waals surface area (Å²) >= 11 is 5.74. The molecule has 1 amide bonds. The predicted octanol–water partition coefficient (Wildman–Crippen LogP) is 4.07. The van der Waals surface area contributed by atoms with E-state index in [1.807, 2.05) is 30.3 Å². The van der Waals surface area contributed by atoms with E-state index in [-0.39, 0.29) is 0 Å². The van der Waals surface area contributed by atoms with Crippen LogP contribution in [0.5, 0.6) is 0 Å². The van der Waals surface area contributed by atoms with Gasteiger partial charge < -0.3 is 10.1 Å². The second-order valence-corrected chi connectivity index (χ2v) is 5.90. The molecule has 0 unspecified atom stereocenters. The Labute approximate surface area is 149 Å². The van der Waals surface area contributed by atoms with Gasteiger partial charge in [0.25, 0.3) is 5.91 Å². The number of ether oxygens (including phenoxy) is 1. The average Bonchev–Trinajstić information content (AvgIpc) is 2.63. The van der Waals surface area contributed by atoms with Crippen molar-refractivity contribution in [2.75, 3.05) is 5.32 Å². The molecule has 1 N–H and O–H groups in total. The van der Waals surface area contributed by atoms with Crippen LogP contribution < -0.4 is 5.32 Å². The van der Waals surface area contributed by atoms with Crippen molar-refractivity contribution < 1.29 is 14.3 Å². The number of esters is 1. The third kappa shape index (κ3) is 4.14. The van der Waals surface area contributed by atoms with E-state index >= 15 is 0 Å². The lowest BCUT2D eigenvalue weighted by Crippen LogP contribution is -2.30. The van der Waals surface area contributed by atoms with Crippen molar-refractivity contribution in [3.63, 3.8) is 0 Å². The van der Waals surface area contributed by atoms with Gasteiger partial charge in [0.1, 0.15) is 5.82 Å². The highest BCUT2D eigenvalue weighted by molar-refractivity contribution is 6.30. The van der Waals surface area contributed by atoms with Crippen LogP contribution in [0, 0.1) is 0 Å². The van der Waals surface area contributed by atoms with E-state index in [1.54, 1.807) is 24.3 Å². The van der Waals surface area contributed by atoms with Gasteiger partial charge in [0.2, 0.25) is 0 Å². The molecule has 1 atom stereocenters. The number of nitrogens with one attached hydrogen (secondary N) is 1. The van der Waals surface area contributed by atoms with Crippen molar-refractivity contribution in [2.24, 2.45) is 0 Å². The second-order valence-electron chi connectivity index (χ2n) is 5.46. The molecule has 0 aliphatic carbocycles. The molecule has 5 nitrogen and oxygen atoms in total. The molecule has 0 radical (unpaired) electrons. The first-order chi connectivity index (χ1) is 12.0. The third-order valence-corrected chi connectivity index (χ3v) is 3.84.